The van der Waals surface area contributed by atoms with Gasteiger partial charge in [0.1, 0.15) is 12.4 Å². The van der Waals surface area contributed by atoms with Crippen LogP contribution in [-0.2, 0) is 16.0 Å². The molecule has 0 radical (unpaired) electrons. The second-order valence-electron chi connectivity index (χ2n) is 5.99. The maximum atomic E-state index is 11.2. The first kappa shape index (κ1) is 21.7. The number of allylic oxidation sites excluding steroid dienone is 1. The van der Waals surface area contributed by atoms with Gasteiger partial charge in [0, 0.05) is 22.0 Å². The second kappa shape index (κ2) is 10.6. The second-order valence-corrected chi connectivity index (χ2v) is 7.82. The van der Waals surface area contributed by atoms with Crippen LogP contribution in [0, 0.1) is 0 Å². The summed E-state index contributed by atoms with van der Waals surface area (Å²) >= 11 is 6.99. The van der Waals surface area contributed by atoms with Gasteiger partial charge in [0.25, 0.3) is 0 Å². The summed E-state index contributed by atoms with van der Waals surface area (Å²) in [4.78, 5) is 11.2. The monoisotopic (exact) mass is 496 g/mol. The van der Waals surface area contributed by atoms with Gasteiger partial charge in [-0.2, -0.15) is 0 Å². The van der Waals surface area contributed by atoms with Crippen molar-refractivity contribution in [1.29, 1.82) is 0 Å². The highest BCUT2D eigenvalue weighted by Crippen LogP contribution is 2.24. The Labute approximate surface area is 176 Å². The molecule has 1 N–H and O–H groups in total. The van der Waals surface area contributed by atoms with E-state index >= 15 is 0 Å². The molecule has 0 saturated heterocycles. The smallest absolute Gasteiger partial charge is 0.333 e. The fourth-order valence-corrected chi connectivity index (χ4v) is 3.81. The highest BCUT2D eigenvalue weighted by molar-refractivity contribution is 9.11. The van der Waals surface area contributed by atoms with Crippen LogP contribution in [0.3, 0.4) is 0 Å². The Balaban J connectivity index is 1.93. The fourth-order valence-electron chi connectivity index (χ4n) is 2.52. The van der Waals surface area contributed by atoms with Gasteiger partial charge >= 0.3 is 5.97 Å². The average molecular weight is 498 g/mol. The molecule has 2 aromatic carbocycles. The molecule has 0 saturated carbocycles. The largest absolute Gasteiger partial charge is 0.490 e. The lowest BCUT2D eigenvalue weighted by molar-refractivity contribution is -0.149. The summed E-state index contributed by atoms with van der Waals surface area (Å²) in [7, 11) is 0. The molecule has 1 atom stereocenters. The molecule has 0 bridgehead atoms. The number of rotatable bonds is 9. The molecule has 0 heterocycles. The van der Waals surface area contributed by atoms with Gasteiger partial charge in [-0.25, -0.2) is 4.79 Å². The number of hydrogen-bond acceptors (Lipinski definition) is 3. The number of carboxylic acids is 1. The summed E-state index contributed by atoms with van der Waals surface area (Å²) in [5.74, 6) is -0.210. The van der Waals surface area contributed by atoms with Gasteiger partial charge < -0.3 is 14.6 Å². The first-order valence-corrected chi connectivity index (χ1v) is 10.2. The van der Waals surface area contributed by atoms with Crippen LogP contribution < -0.4 is 4.74 Å². The molecular formula is C21H22Br2O4. The molecule has 0 unspecified atom stereocenters. The lowest BCUT2D eigenvalue weighted by atomic mass is 10.1. The van der Waals surface area contributed by atoms with E-state index in [1.807, 2.05) is 43.3 Å². The lowest BCUT2D eigenvalue weighted by Crippen LogP contribution is -2.26. The summed E-state index contributed by atoms with van der Waals surface area (Å²) in [6, 6.07) is 13.5. The van der Waals surface area contributed by atoms with Crippen LogP contribution in [0.4, 0.5) is 0 Å². The van der Waals surface area contributed by atoms with E-state index in [0.717, 1.165) is 31.4 Å². The van der Waals surface area contributed by atoms with Crippen molar-refractivity contribution in [2.45, 2.75) is 26.4 Å². The minimum absolute atomic E-state index is 0.334. The number of hydrogen-bond donors (Lipinski definition) is 1. The van der Waals surface area contributed by atoms with Crippen molar-refractivity contribution >= 4 is 43.4 Å². The third-order valence-corrected chi connectivity index (χ3v) is 4.86. The number of carboxylic acid groups (broad SMARTS) is 1. The minimum atomic E-state index is -0.947. The summed E-state index contributed by atoms with van der Waals surface area (Å²) < 4.78 is 13.0. The topological polar surface area (TPSA) is 55.8 Å². The van der Waals surface area contributed by atoms with E-state index in [4.69, 9.17) is 14.6 Å². The van der Waals surface area contributed by atoms with E-state index in [1.165, 1.54) is 0 Å². The number of halogens is 2. The van der Waals surface area contributed by atoms with E-state index in [-0.39, 0.29) is 0 Å². The average Bonchev–Trinajstić information content (AvgIpc) is 2.61. The van der Waals surface area contributed by atoms with Crippen LogP contribution in [0.25, 0.3) is 5.57 Å². The highest BCUT2D eigenvalue weighted by Gasteiger charge is 2.17. The molecule has 0 amide bonds. The number of carbonyl (C=O) groups is 1. The quantitative estimate of drug-likeness (QED) is 0.480. The molecule has 27 heavy (non-hydrogen) atoms. The van der Waals surface area contributed by atoms with Gasteiger partial charge in [0.2, 0.25) is 0 Å². The normalized spacial score (nSPS) is 12.7. The van der Waals surface area contributed by atoms with Gasteiger partial charge in [0.05, 0.1) is 0 Å². The van der Waals surface area contributed by atoms with E-state index in [0.29, 0.717) is 19.6 Å². The van der Waals surface area contributed by atoms with Crippen molar-refractivity contribution in [3.05, 3.63) is 68.6 Å². The summed E-state index contributed by atoms with van der Waals surface area (Å²) in [5, 5.41) is 9.15. The fraction of sp³-hybridized carbons (Fsp3) is 0.286. The lowest BCUT2D eigenvalue weighted by Gasteiger charge is -2.12. The Bertz CT molecular complexity index is 780. The summed E-state index contributed by atoms with van der Waals surface area (Å²) in [5.41, 5.74) is 3.13. The van der Waals surface area contributed by atoms with Crippen LogP contribution in [0.2, 0.25) is 0 Å². The molecule has 0 fully saturated rings. The number of benzene rings is 2. The van der Waals surface area contributed by atoms with Crippen molar-refractivity contribution in [3.63, 3.8) is 0 Å². The SMILES string of the molecule is CCO[C@@H](Cc1ccc(OC/C=C(/C)c2cc(Br)cc(Br)c2)cc1)C(=O)O. The van der Waals surface area contributed by atoms with Crippen LogP contribution in [0.5, 0.6) is 5.75 Å². The molecule has 4 nitrogen and oxygen atoms in total. The Morgan fingerprint density at radius 1 is 1.15 bits per heavy atom. The van der Waals surface area contributed by atoms with Gasteiger partial charge in [-0.1, -0.05) is 44.0 Å². The van der Waals surface area contributed by atoms with Crippen molar-refractivity contribution in [2.75, 3.05) is 13.2 Å². The van der Waals surface area contributed by atoms with E-state index in [1.54, 1.807) is 6.92 Å². The third kappa shape index (κ3) is 7.13. The molecule has 0 aliphatic rings. The summed E-state index contributed by atoms with van der Waals surface area (Å²) in [6.07, 6.45) is 1.54. The first-order chi connectivity index (χ1) is 12.9. The van der Waals surface area contributed by atoms with Crippen LogP contribution in [0.1, 0.15) is 25.0 Å². The van der Waals surface area contributed by atoms with E-state index in [9.17, 15) is 4.79 Å². The number of ether oxygens (including phenoxy) is 2. The number of aliphatic carboxylic acids is 1. The first-order valence-electron chi connectivity index (χ1n) is 8.58. The van der Waals surface area contributed by atoms with Gasteiger partial charge in [-0.3, -0.25) is 0 Å². The molecular weight excluding hydrogens is 476 g/mol. The molecule has 0 aliphatic carbocycles. The van der Waals surface area contributed by atoms with Crippen molar-refractivity contribution in [3.8, 4) is 5.75 Å². The molecule has 0 spiro atoms. The van der Waals surface area contributed by atoms with Crippen molar-refractivity contribution in [1.82, 2.24) is 0 Å². The van der Waals surface area contributed by atoms with Crippen LogP contribution >= 0.6 is 31.9 Å². The van der Waals surface area contributed by atoms with Crippen molar-refractivity contribution < 1.29 is 19.4 Å². The molecule has 2 rings (SSSR count). The Morgan fingerprint density at radius 2 is 1.78 bits per heavy atom. The standard InChI is InChI=1S/C21H22Br2O4/c1-3-26-20(21(24)25)10-15-4-6-19(7-5-15)27-9-8-14(2)16-11-17(22)13-18(23)12-16/h4-8,11-13,20H,3,9-10H2,1-2H3,(H,24,25)/b14-8-/t20-/m0/s1. The van der Waals surface area contributed by atoms with Gasteiger partial charge in [-0.15, -0.1) is 0 Å². The maximum absolute atomic E-state index is 11.2. The zero-order valence-corrected chi connectivity index (χ0v) is 18.4. The molecule has 0 aliphatic heterocycles. The zero-order valence-electron chi connectivity index (χ0n) is 15.2. The van der Waals surface area contributed by atoms with E-state index < -0.39 is 12.1 Å². The predicted octanol–water partition coefficient (Wildman–Crippen LogP) is 5.73. The highest BCUT2D eigenvalue weighted by atomic mass is 79.9. The van der Waals surface area contributed by atoms with Crippen LogP contribution in [-0.4, -0.2) is 30.4 Å². The van der Waals surface area contributed by atoms with Gasteiger partial charge in [0.15, 0.2) is 6.10 Å². The Kier molecular flexibility index (Phi) is 8.54. The van der Waals surface area contributed by atoms with Crippen LogP contribution in [0.15, 0.2) is 57.5 Å². The molecule has 6 heteroatoms. The molecule has 0 aromatic heterocycles. The minimum Gasteiger partial charge on any atom is -0.490 e. The van der Waals surface area contributed by atoms with Gasteiger partial charge in [-0.05, 0) is 67.0 Å². The Hall–Kier alpha value is -1.63. The molecule has 144 valence electrons. The maximum Gasteiger partial charge on any atom is 0.333 e. The van der Waals surface area contributed by atoms with Crippen molar-refractivity contribution in [2.24, 2.45) is 0 Å². The molecule has 2 aromatic rings. The third-order valence-electron chi connectivity index (χ3n) is 3.95. The van der Waals surface area contributed by atoms with E-state index in [2.05, 4.69) is 44.0 Å². The Morgan fingerprint density at radius 3 is 2.33 bits per heavy atom. The predicted molar refractivity (Wildman–Crippen MR) is 114 cm³/mol. The zero-order chi connectivity index (χ0) is 19.8. The summed E-state index contributed by atoms with van der Waals surface area (Å²) in [6.45, 7) is 4.65.